The number of aromatic nitrogens is 4. The average Bonchev–Trinajstić information content (AvgIpc) is 3.01. The third-order valence-electron chi connectivity index (χ3n) is 2.98. The summed E-state index contributed by atoms with van der Waals surface area (Å²) in [5.74, 6) is -0.349. The van der Waals surface area contributed by atoms with E-state index in [9.17, 15) is 4.39 Å². The van der Waals surface area contributed by atoms with Crippen LogP contribution in [-0.2, 0) is 6.54 Å². The van der Waals surface area contributed by atoms with Crippen LogP contribution in [0.15, 0.2) is 48.8 Å². The highest BCUT2D eigenvalue weighted by atomic mass is 35.5. The maximum Gasteiger partial charge on any atom is 0.143 e. The fourth-order valence-electron chi connectivity index (χ4n) is 1.95. The van der Waals surface area contributed by atoms with Crippen LogP contribution < -0.4 is 5.32 Å². The molecule has 0 spiro atoms. The van der Waals surface area contributed by atoms with Gasteiger partial charge in [-0.25, -0.2) is 4.39 Å². The second kappa shape index (κ2) is 5.88. The van der Waals surface area contributed by atoms with Crippen LogP contribution in [0.1, 0.15) is 5.56 Å². The molecular weight excluding hydrogens is 293 g/mol. The second-order valence-electron chi connectivity index (χ2n) is 4.36. The van der Waals surface area contributed by atoms with E-state index in [1.807, 2.05) is 24.3 Å². The normalized spacial score (nSPS) is 10.6. The zero-order valence-electron chi connectivity index (χ0n) is 10.9. The van der Waals surface area contributed by atoms with Gasteiger partial charge in [0.1, 0.15) is 12.1 Å². The molecule has 21 heavy (non-hydrogen) atoms. The summed E-state index contributed by atoms with van der Waals surface area (Å²) < 4.78 is 14.6. The number of hydrogen-bond acceptors (Lipinski definition) is 4. The molecular formula is C14H11ClFN5. The van der Waals surface area contributed by atoms with E-state index in [-0.39, 0.29) is 5.82 Å². The first-order valence-electron chi connectivity index (χ1n) is 6.24. The van der Waals surface area contributed by atoms with Crippen molar-refractivity contribution in [2.45, 2.75) is 6.54 Å². The van der Waals surface area contributed by atoms with E-state index in [0.717, 1.165) is 16.9 Å². The molecule has 1 aromatic heterocycles. The summed E-state index contributed by atoms with van der Waals surface area (Å²) in [4.78, 5) is 0. The summed E-state index contributed by atoms with van der Waals surface area (Å²) in [7, 11) is 0. The Morgan fingerprint density at radius 2 is 2.05 bits per heavy atom. The molecule has 0 aliphatic carbocycles. The number of tetrazole rings is 1. The van der Waals surface area contributed by atoms with Crippen molar-refractivity contribution in [2.75, 3.05) is 5.32 Å². The minimum absolute atomic E-state index is 0.349. The molecule has 7 heteroatoms. The molecule has 0 fully saturated rings. The highest BCUT2D eigenvalue weighted by Gasteiger charge is 2.06. The number of rotatable bonds is 4. The van der Waals surface area contributed by atoms with Gasteiger partial charge in [0.2, 0.25) is 0 Å². The molecule has 3 rings (SSSR count). The zero-order chi connectivity index (χ0) is 14.7. The van der Waals surface area contributed by atoms with Crippen LogP contribution in [0.4, 0.5) is 10.1 Å². The lowest BCUT2D eigenvalue weighted by molar-refractivity contribution is 0.627. The van der Waals surface area contributed by atoms with E-state index >= 15 is 0 Å². The van der Waals surface area contributed by atoms with Crippen molar-refractivity contribution in [1.29, 1.82) is 0 Å². The summed E-state index contributed by atoms with van der Waals surface area (Å²) in [6, 6.07) is 11.9. The monoisotopic (exact) mass is 303 g/mol. The van der Waals surface area contributed by atoms with Crippen molar-refractivity contribution in [3.63, 3.8) is 0 Å². The zero-order valence-corrected chi connectivity index (χ0v) is 11.6. The number of anilines is 1. The lowest BCUT2D eigenvalue weighted by atomic mass is 10.2. The summed E-state index contributed by atoms with van der Waals surface area (Å²) >= 11 is 6.02. The lowest BCUT2D eigenvalue weighted by Crippen LogP contribution is -2.05. The Hall–Kier alpha value is -2.47. The van der Waals surface area contributed by atoms with E-state index < -0.39 is 0 Å². The highest BCUT2D eigenvalue weighted by Crippen LogP contribution is 2.22. The Bertz CT molecular complexity index is 745. The molecule has 0 saturated carbocycles. The number of nitrogens with zero attached hydrogens (tertiary/aromatic N) is 4. The maximum atomic E-state index is 13.0. The van der Waals surface area contributed by atoms with Gasteiger partial charge in [-0.05, 0) is 40.3 Å². The van der Waals surface area contributed by atoms with Crippen LogP contribution in [0.2, 0.25) is 5.02 Å². The Morgan fingerprint density at radius 3 is 2.81 bits per heavy atom. The predicted octanol–water partition coefficient (Wildman–Crippen LogP) is 3.07. The lowest BCUT2D eigenvalue weighted by Gasteiger charge is -2.12. The molecule has 1 heterocycles. The Balaban J connectivity index is 1.83. The number of hydrogen-bond donors (Lipinski definition) is 1. The van der Waals surface area contributed by atoms with Crippen LogP contribution in [0.25, 0.3) is 5.69 Å². The van der Waals surface area contributed by atoms with Crippen molar-refractivity contribution in [1.82, 2.24) is 20.2 Å². The Kier molecular flexibility index (Phi) is 3.79. The minimum Gasteiger partial charge on any atom is -0.379 e. The predicted molar refractivity (Wildman–Crippen MR) is 77.9 cm³/mol. The SMILES string of the molecule is Fc1ccc(CNc2ccccc2-n2cnnn2)c(Cl)c1. The molecule has 106 valence electrons. The van der Waals surface area contributed by atoms with Gasteiger partial charge in [-0.15, -0.1) is 5.10 Å². The van der Waals surface area contributed by atoms with Gasteiger partial charge < -0.3 is 5.32 Å². The number of nitrogens with one attached hydrogen (secondary N) is 1. The van der Waals surface area contributed by atoms with Gasteiger partial charge in [-0.3, -0.25) is 0 Å². The van der Waals surface area contributed by atoms with Crippen LogP contribution in [0, 0.1) is 5.82 Å². The summed E-state index contributed by atoms with van der Waals surface area (Å²) in [5, 5.41) is 14.8. The average molecular weight is 304 g/mol. The van der Waals surface area contributed by atoms with Crippen molar-refractivity contribution >= 4 is 17.3 Å². The molecule has 0 unspecified atom stereocenters. The van der Waals surface area contributed by atoms with Gasteiger partial charge in [0.05, 0.1) is 11.4 Å². The molecule has 0 amide bonds. The molecule has 5 nitrogen and oxygen atoms in total. The van der Waals surface area contributed by atoms with Crippen LogP contribution in [-0.4, -0.2) is 20.2 Å². The molecule has 1 N–H and O–H groups in total. The van der Waals surface area contributed by atoms with Gasteiger partial charge >= 0.3 is 0 Å². The number of halogens is 2. The smallest absolute Gasteiger partial charge is 0.143 e. The van der Waals surface area contributed by atoms with Gasteiger partial charge in [-0.1, -0.05) is 29.8 Å². The summed E-state index contributed by atoms with van der Waals surface area (Å²) in [6.45, 7) is 0.470. The fourth-order valence-corrected chi connectivity index (χ4v) is 2.18. The fraction of sp³-hybridized carbons (Fsp3) is 0.0714. The highest BCUT2D eigenvalue weighted by molar-refractivity contribution is 6.31. The summed E-state index contributed by atoms with van der Waals surface area (Å²) in [6.07, 6.45) is 1.52. The summed E-state index contributed by atoms with van der Waals surface area (Å²) in [5.41, 5.74) is 2.48. The third-order valence-corrected chi connectivity index (χ3v) is 3.34. The van der Waals surface area contributed by atoms with Crippen LogP contribution in [0.5, 0.6) is 0 Å². The van der Waals surface area contributed by atoms with Crippen LogP contribution in [0.3, 0.4) is 0 Å². The molecule has 0 radical (unpaired) electrons. The third kappa shape index (κ3) is 3.00. The maximum absolute atomic E-state index is 13.0. The standard InChI is InChI=1S/C14H11ClFN5/c15-12-7-11(16)6-5-10(12)8-17-13-3-1-2-4-14(13)21-9-18-19-20-21/h1-7,9,17H,8H2. The Labute approximate surface area is 125 Å². The Morgan fingerprint density at radius 1 is 1.19 bits per heavy atom. The van der Waals surface area contributed by atoms with Crippen LogP contribution >= 0.6 is 11.6 Å². The second-order valence-corrected chi connectivity index (χ2v) is 4.77. The molecule has 2 aromatic carbocycles. The minimum atomic E-state index is -0.349. The first kappa shape index (κ1) is 13.5. The molecule has 0 aliphatic rings. The van der Waals surface area contributed by atoms with E-state index in [1.54, 1.807) is 10.7 Å². The first-order valence-corrected chi connectivity index (χ1v) is 6.62. The molecule has 0 saturated heterocycles. The largest absolute Gasteiger partial charge is 0.379 e. The molecule has 0 aliphatic heterocycles. The van der Waals surface area contributed by atoms with Gasteiger partial charge in [0.25, 0.3) is 0 Å². The van der Waals surface area contributed by atoms with Crippen molar-refractivity contribution < 1.29 is 4.39 Å². The van der Waals surface area contributed by atoms with Crippen molar-refractivity contribution in [3.05, 3.63) is 65.2 Å². The number of para-hydroxylation sites is 2. The molecule has 3 aromatic rings. The van der Waals surface area contributed by atoms with Crippen molar-refractivity contribution in [2.24, 2.45) is 0 Å². The molecule has 0 bridgehead atoms. The van der Waals surface area contributed by atoms with E-state index in [4.69, 9.17) is 11.6 Å². The van der Waals surface area contributed by atoms with E-state index in [0.29, 0.717) is 11.6 Å². The van der Waals surface area contributed by atoms with Crippen molar-refractivity contribution in [3.8, 4) is 5.69 Å². The van der Waals surface area contributed by atoms with E-state index in [2.05, 4.69) is 20.8 Å². The van der Waals surface area contributed by atoms with Gasteiger partial charge in [0.15, 0.2) is 0 Å². The van der Waals surface area contributed by atoms with Gasteiger partial charge in [0, 0.05) is 11.6 Å². The molecule has 0 atom stereocenters. The van der Waals surface area contributed by atoms with E-state index in [1.165, 1.54) is 18.5 Å². The number of benzene rings is 2. The first-order chi connectivity index (χ1) is 10.2. The quantitative estimate of drug-likeness (QED) is 0.805. The van der Waals surface area contributed by atoms with Gasteiger partial charge in [-0.2, -0.15) is 4.68 Å². The topological polar surface area (TPSA) is 55.6 Å².